The first-order valence-electron chi connectivity index (χ1n) is 7.89. The Kier molecular flexibility index (Phi) is 4.27. The molecule has 0 radical (unpaired) electrons. The molecule has 114 valence electrons. The lowest BCUT2D eigenvalue weighted by Crippen LogP contribution is -2.37. The SMILES string of the molecule is O=C(C1CC12CCNCC2)N(CCO)Cc1ccccc1. The van der Waals surface area contributed by atoms with Gasteiger partial charge in [0.25, 0.3) is 0 Å². The normalized spacial score (nSPS) is 23.0. The van der Waals surface area contributed by atoms with Crippen molar-refractivity contribution < 1.29 is 9.90 Å². The van der Waals surface area contributed by atoms with Gasteiger partial charge in [-0.3, -0.25) is 4.79 Å². The Bertz CT molecular complexity index is 483. The van der Waals surface area contributed by atoms with E-state index in [0.29, 0.717) is 13.1 Å². The Morgan fingerprint density at radius 1 is 1.29 bits per heavy atom. The summed E-state index contributed by atoms with van der Waals surface area (Å²) in [5.41, 5.74) is 1.38. The molecular weight excluding hydrogens is 264 g/mol. The molecule has 1 atom stereocenters. The number of hydrogen-bond donors (Lipinski definition) is 2. The van der Waals surface area contributed by atoms with Gasteiger partial charge in [0.1, 0.15) is 0 Å². The van der Waals surface area contributed by atoms with Crippen molar-refractivity contribution in [2.24, 2.45) is 11.3 Å². The Labute approximate surface area is 126 Å². The van der Waals surface area contributed by atoms with E-state index in [4.69, 9.17) is 0 Å². The van der Waals surface area contributed by atoms with E-state index in [0.717, 1.165) is 37.9 Å². The van der Waals surface area contributed by atoms with E-state index in [1.54, 1.807) is 0 Å². The van der Waals surface area contributed by atoms with Crippen LogP contribution >= 0.6 is 0 Å². The molecular formula is C17H24N2O2. The van der Waals surface area contributed by atoms with Crippen LogP contribution in [0.1, 0.15) is 24.8 Å². The van der Waals surface area contributed by atoms with Gasteiger partial charge in [-0.15, -0.1) is 0 Å². The molecule has 1 heterocycles. The molecule has 1 spiro atoms. The number of aliphatic hydroxyl groups excluding tert-OH is 1. The maximum absolute atomic E-state index is 12.8. The molecule has 21 heavy (non-hydrogen) atoms. The van der Waals surface area contributed by atoms with E-state index in [1.807, 2.05) is 35.2 Å². The van der Waals surface area contributed by atoms with Gasteiger partial charge in [-0.05, 0) is 43.3 Å². The van der Waals surface area contributed by atoms with Gasteiger partial charge >= 0.3 is 0 Å². The summed E-state index contributed by atoms with van der Waals surface area (Å²) >= 11 is 0. The van der Waals surface area contributed by atoms with Crippen LogP contribution in [0.5, 0.6) is 0 Å². The number of hydrogen-bond acceptors (Lipinski definition) is 3. The zero-order valence-electron chi connectivity index (χ0n) is 12.4. The van der Waals surface area contributed by atoms with Crippen molar-refractivity contribution in [3.8, 4) is 0 Å². The van der Waals surface area contributed by atoms with Crippen molar-refractivity contribution >= 4 is 5.91 Å². The van der Waals surface area contributed by atoms with Gasteiger partial charge in [-0.2, -0.15) is 0 Å². The van der Waals surface area contributed by atoms with Crippen LogP contribution in [0.2, 0.25) is 0 Å². The number of benzene rings is 1. The van der Waals surface area contributed by atoms with Gasteiger partial charge in [0.15, 0.2) is 0 Å². The van der Waals surface area contributed by atoms with Gasteiger partial charge in [0.2, 0.25) is 5.91 Å². The predicted molar refractivity (Wildman–Crippen MR) is 81.6 cm³/mol. The van der Waals surface area contributed by atoms with E-state index in [1.165, 1.54) is 0 Å². The third kappa shape index (κ3) is 3.11. The summed E-state index contributed by atoms with van der Waals surface area (Å²) in [4.78, 5) is 14.6. The monoisotopic (exact) mass is 288 g/mol. The number of carbonyl (C=O) groups is 1. The molecule has 4 nitrogen and oxygen atoms in total. The standard InChI is InChI=1S/C17H24N2O2/c20-11-10-19(13-14-4-2-1-3-5-14)16(21)15-12-17(15)6-8-18-9-7-17/h1-5,15,18,20H,6-13H2. The average molecular weight is 288 g/mol. The van der Waals surface area contributed by atoms with Crippen LogP contribution in [0.15, 0.2) is 30.3 Å². The second kappa shape index (κ2) is 6.16. The zero-order chi connectivity index (χ0) is 14.7. The fourth-order valence-corrected chi connectivity index (χ4v) is 3.59. The first kappa shape index (κ1) is 14.5. The molecule has 2 aliphatic rings. The first-order chi connectivity index (χ1) is 10.2. The number of amides is 1. The largest absolute Gasteiger partial charge is 0.395 e. The van der Waals surface area contributed by atoms with E-state index < -0.39 is 0 Å². The molecule has 2 N–H and O–H groups in total. The molecule has 1 aliphatic heterocycles. The lowest BCUT2D eigenvalue weighted by atomic mass is 9.91. The summed E-state index contributed by atoms with van der Waals surface area (Å²) in [7, 11) is 0. The summed E-state index contributed by atoms with van der Waals surface area (Å²) in [6, 6.07) is 10.0. The highest BCUT2D eigenvalue weighted by atomic mass is 16.3. The molecule has 3 rings (SSSR count). The first-order valence-corrected chi connectivity index (χ1v) is 7.89. The predicted octanol–water partition coefficient (Wildman–Crippen LogP) is 1.40. The summed E-state index contributed by atoms with van der Waals surface area (Å²) < 4.78 is 0. The summed E-state index contributed by atoms with van der Waals surface area (Å²) in [5, 5.41) is 12.6. The highest BCUT2D eigenvalue weighted by Crippen LogP contribution is 2.59. The summed E-state index contributed by atoms with van der Waals surface area (Å²) in [6.07, 6.45) is 3.26. The Morgan fingerprint density at radius 2 is 2.00 bits per heavy atom. The van der Waals surface area contributed by atoms with Crippen molar-refractivity contribution in [2.45, 2.75) is 25.8 Å². The molecule has 1 saturated heterocycles. The van der Waals surface area contributed by atoms with Crippen LogP contribution in [0.3, 0.4) is 0 Å². The van der Waals surface area contributed by atoms with Crippen molar-refractivity contribution in [3.63, 3.8) is 0 Å². The minimum absolute atomic E-state index is 0.0276. The van der Waals surface area contributed by atoms with Gasteiger partial charge in [-0.1, -0.05) is 30.3 Å². The van der Waals surface area contributed by atoms with Crippen LogP contribution in [-0.4, -0.2) is 42.2 Å². The number of nitrogens with one attached hydrogen (secondary N) is 1. The van der Waals surface area contributed by atoms with E-state index in [2.05, 4.69) is 5.32 Å². The quantitative estimate of drug-likeness (QED) is 0.861. The topological polar surface area (TPSA) is 52.6 Å². The summed E-state index contributed by atoms with van der Waals surface area (Å²) in [6.45, 7) is 3.12. The minimum Gasteiger partial charge on any atom is -0.395 e. The van der Waals surface area contributed by atoms with Crippen LogP contribution in [-0.2, 0) is 11.3 Å². The highest BCUT2D eigenvalue weighted by Gasteiger charge is 2.58. The van der Waals surface area contributed by atoms with Gasteiger partial charge in [0.05, 0.1) is 6.61 Å². The number of rotatable bonds is 5. The molecule has 2 fully saturated rings. The Morgan fingerprint density at radius 3 is 2.67 bits per heavy atom. The van der Waals surface area contributed by atoms with Crippen LogP contribution < -0.4 is 5.32 Å². The molecule has 0 aromatic heterocycles. The molecule has 1 saturated carbocycles. The third-order valence-corrected chi connectivity index (χ3v) is 4.99. The van der Waals surface area contributed by atoms with Crippen LogP contribution in [0.4, 0.5) is 0 Å². The molecule has 1 aliphatic carbocycles. The number of nitrogens with zero attached hydrogens (tertiary/aromatic N) is 1. The maximum Gasteiger partial charge on any atom is 0.226 e. The fraction of sp³-hybridized carbons (Fsp3) is 0.588. The zero-order valence-corrected chi connectivity index (χ0v) is 12.4. The van der Waals surface area contributed by atoms with Crippen LogP contribution in [0, 0.1) is 11.3 Å². The van der Waals surface area contributed by atoms with Gasteiger partial charge in [0, 0.05) is 19.0 Å². The molecule has 1 amide bonds. The van der Waals surface area contributed by atoms with Gasteiger partial charge < -0.3 is 15.3 Å². The smallest absolute Gasteiger partial charge is 0.226 e. The number of aliphatic hydroxyl groups is 1. The molecule has 4 heteroatoms. The maximum atomic E-state index is 12.8. The highest BCUT2D eigenvalue weighted by molar-refractivity contribution is 5.82. The van der Waals surface area contributed by atoms with E-state index in [9.17, 15) is 9.90 Å². The lowest BCUT2D eigenvalue weighted by Gasteiger charge is -2.27. The lowest BCUT2D eigenvalue weighted by molar-refractivity contribution is -0.134. The van der Waals surface area contributed by atoms with E-state index in [-0.39, 0.29) is 23.8 Å². The second-order valence-electron chi connectivity index (χ2n) is 6.34. The van der Waals surface area contributed by atoms with Crippen molar-refractivity contribution in [3.05, 3.63) is 35.9 Å². The van der Waals surface area contributed by atoms with Crippen molar-refractivity contribution in [1.29, 1.82) is 0 Å². The molecule has 1 aromatic rings. The number of piperidine rings is 1. The van der Waals surface area contributed by atoms with Crippen molar-refractivity contribution in [1.82, 2.24) is 10.2 Å². The summed E-state index contributed by atoms with van der Waals surface area (Å²) in [5.74, 6) is 0.407. The number of carbonyl (C=O) groups excluding carboxylic acids is 1. The Balaban J connectivity index is 1.65. The molecule has 0 bridgehead atoms. The second-order valence-corrected chi connectivity index (χ2v) is 6.34. The fourth-order valence-electron chi connectivity index (χ4n) is 3.59. The molecule has 1 aromatic carbocycles. The average Bonchev–Trinajstić information content (AvgIpc) is 3.21. The van der Waals surface area contributed by atoms with Crippen molar-refractivity contribution in [2.75, 3.05) is 26.2 Å². The molecule has 1 unspecified atom stereocenters. The van der Waals surface area contributed by atoms with Crippen LogP contribution in [0.25, 0.3) is 0 Å². The van der Waals surface area contributed by atoms with E-state index >= 15 is 0 Å². The third-order valence-electron chi connectivity index (χ3n) is 4.99. The minimum atomic E-state index is 0.0276. The Hall–Kier alpha value is -1.39. The van der Waals surface area contributed by atoms with Gasteiger partial charge in [-0.25, -0.2) is 0 Å².